The molecule has 24 heavy (non-hydrogen) atoms. The Hall–Kier alpha value is -0.930. The standard InChI is InChI=1S/C12H22O12/c13-1-3(15)10(7(18)8(19)11(21)22)24-12-9(20)6(17)5(16)4(2-14)23-12/h3-10,12-20H,1-2H2,(H,21,22)/t3-,4-,5+,6+,7-,8+,9+,10+,12+/m1/s1. The van der Waals surface area contributed by atoms with E-state index in [2.05, 4.69) is 0 Å². The van der Waals surface area contributed by atoms with Gasteiger partial charge in [-0.25, -0.2) is 4.79 Å². The Balaban J connectivity index is 2.94. The van der Waals surface area contributed by atoms with Gasteiger partial charge >= 0.3 is 5.97 Å². The van der Waals surface area contributed by atoms with Crippen molar-refractivity contribution < 1.29 is 60.2 Å². The summed E-state index contributed by atoms with van der Waals surface area (Å²) in [5.41, 5.74) is 0. The van der Waals surface area contributed by atoms with Crippen LogP contribution in [0, 0.1) is 0 Å². The Morgan fingerprint density at radius 3 is 2.08 bits per heavy atom. The Morgan fingerprint density at radius 1 is 1.04 bits per heavy atom. The van der Waals surface area contributed by atoms with Gasteiger partial charge in [0.15, 0.2) is 12.4 Å². The molecule has 1 heterocycles. The molecule has 12 nitrogen and oxygen atoms in total. The lowest BCUT2D eigenvalue weighted by Crippen LogP contribution is -2.61. The number of hydrogen-bond acceptors (Lipinski definition) is 11. The normalized spacial score (nSPS) is 35.9. The fourth-order valence-corrected chi connectivity index (χ4v) is 2.16. The molecule has 9 atom stereocenters. The zero-order valence-electron chi connectivity index (χ0n) is 12.4. The molecule has 0 unspecified atom stereocenters. The second-order valence-electron chi connectivity index (χ2n) is 5.32. The summed E-state index contributed by atoms with van der Waals surface area (Å²) in [6.45, 7) is -1.76. The smallest absolute Gasteiger partial charge is 0.335 e. The van der Waals surface area contributed by atoms with E-state index in [9.17, 15) is 35.4 Å². The molecule has 0 aromatic heterocycles. The highest BCUT2D eigenvalue weighted by Gasteiger charge is 2.47. The Kier molecular flexibility index (Phi) is 7.88. The molecule has 0 aromatic rings. The van der Waals surface area contributed by atoms with Crippen molar-refractivity contribution in [2.45, 2.75) is 55.1 Å². The largest absolute Gasteiger partial charge is 0.479 e. The average molecular weight is 358 g/mol. The highest BCUT2D eigenvalue weighted by atomic mass is 16.7. The van der Waals surface area contributed by atoms with Gasteiger partial charge < -0.3 is 55.4 Å². The van der Waals surface area contributed by atoms with Crippen LogP contribution in [0.3, 0.4) is 0 Å². The summed E-state index contributed by atoms with van der Waals surface area (Å²) >= 11 is 0. The molecule has 1 fully saturated rings. The van der Waals surface area contributed by atoms with Crippen LogP contribution in [0.2, 0.25) is 0 Å². The number of carboxylic acid groups (broad SMARTS) is 1. The van der Waals surface area contributed by atoms with Crippen LogP contribution in [0.4, 0.5) is 0 Å². The maximum Gasteiger partial charge on any atom is 0.335 e. The molecule has 142 valence electrons. The highest BCUT2D eigenvalue weighted by Crippen LogP contribution is 2.24. The lowest BCUT2D eigenvalue weighted by molar-refractivity contribution is -0.326. The van der Waals surface area contributed by atoms with Crippen molar-refractivity contribution >= 4 is 5.97 Å². The van der Waals surface area contributed by atoms with Crippen LogP contribution in [0.25, 0.3) is 0 Å². The van der Waals surface area contributed by atoms with Crippen LogP contribution in [0.5, 0.6) is 0 Å². The average Bonchev–Trinajstić information content (AvgIpc) is 2.57. The van der Waals surface area contributed by atoms with Crippen LogP contribution in [0.1, 0.15) is 0 Å². The van der Waals surface area contributed by atoms with Crippen LogP contribution in [-0.2, 0) is 14.3 Å². The van der Waals surface area contributed by atoms with Crippen LogP contribution in [0.15, 0.2) is 0 Å². The third kappa shape index (κ3) is 4.58. The Morgan fingerprint density at radius 2 is 1.62 bits per heavy atom. The van der Waals surface area contributed by atoms with Gasteiger partial charge in [-0.05, 0) is 0 Å². The van der Waals surface area contributed by atoms with E-state index in [4.69, 9.17) is 24.8 Å². The first kappa shape index (κ1) is 21.1. The van der Waals surface area contributed by atoms with Crippen molar-refractivity contribution in [1.29, 1.82) is 0 Å². The van der Waals surface area contributed by atoms with E-state index in [1.165, 1.54) is 0 Å². The van der Waals surface area contributed by atoms with E-state index in [1.807, 2.05) is 0 Å². The summed E-state index contributed by atoms with van der Waals surface area (Å²) in [5.74, 6) is -1.84. The van der Waals surface area contributed by atoms with E-state index < -0.39 is 74.3 Å². The molecule has 0 saturated carbocycles. The minimum atomic E-state index is -2.39. The molecule has 1 rings (SSSR count). The summed E-state index contributed by atoms with van der Waals surface area (Å²) in [5, 5.41) is 84.5. The predicted molar refractivity (Wildman–Crippen MR) is 71.4 cm³/mol. The molecule has 1 aliphatic heterocycles. The number of aliphatic carboxylic acids is 1. The Labute approximate surface area is 135 Å². The monoisotopic (exact) mass is 358 g/mol. The van der Waals surface area contributed by atoms with Crippen molar-refractivity contribution in [3.8, 4) is 0 Å². The predicted octanol–water partition coefficient (Wildman–Crippen LogP) is -5.67. The summed E-state index contributed by atoms with van der Waals surface area (Å²) in [6.07, 6.45) is -16.9. The van der Waals surface area contributed by atoms with Gasteiger partial charge in [-0.3, -0.25) is 0 Å². The van der Waals surface area contributed by atoms with E-state index in [-0.39, 0.29) is 0 Å². The summed E-state index contributed by atoms with van der Waals surface area (Å²) in [4.78, 5) is 10.7. The molecule has 12 heteroatoms. The third-order valence-corrected chi connectivity index (χ3v) is 3.62. The van der Waals surface area contributed by atoms with E-state index in [0.717, 1.165) is 0 Å². The Bertz CT molecular complexity index is 403. The molecule has 0 aromatic carbocycles. The molecule has 0 radical (unpaired) electrons. The molecule has 0 bridgehead atoms. The molecule has 0 aliphatic carbocycles. The third-order valence-electron chi connectivity index (χ3n) is 3.62. The van der Waals surface area contributed by atoms with Gasteiger partial charge in [0.25, 0.3) is 0 Å². The van der Waals surface area contributed by atoms with Crippen molar-refractivity contribution in [2.75, 3.05) is 13.2 Å². The van der Waals surface area contributed by atoms with Gasteiger partial charge in [0.05, 0.1) is 13.2 Å². The van der Waals surface area contributed by atoms with Gasteiger partial charge in [-0.15, -0.1) is 0 Å². The summed E-state index contributed by atoms with van der Waals surface area (Å²) < 4.78 is 9.98. The summed E-state index contributed by atoms with van der Waals surface area (Å²) in [7, 11) is 0. The first-order valence-corrected chi connectivity index (χ1v) is 6.99. The van der Waals surface area contributed by atoms with Crippen LogP contribution >= 0.6 is 0 Å². The van der Waals surface area contributed by atoms with E-state index >= 15 is 0 Å². The first-order valence-electron chi connectivity index (χ1n) is 6.99. The minimum Gasteiger partial charge on any atom is -0.479 e. The van der Waals surface area contributed by atoms with Gasteiger partial charge in [-0.1, -0.05) is 0 Å². The molecular weight excluding hydrogens is 336 g/mol. The molecule has 0 amide bonds. The maximum atomic E-state index is 10.7. The molecule has 9 N–H and O–H groups in total. The fraction of sp³-hybridized carbons (Fsp3) is 0.917. The zero-order valence-corrected chi connectivity index (χ0v) is 12.4. The number of hydrogen-bond donors (Lipinski definition) is 9. The van der Waals surface area contributed by atoms with Gasteiger partial charge in [0, 0.05) is 0 Å². The van der Waals surface area contributed by atoms with Crippen molar-refractivity contribution in [3.63, 3.8) is 0 Å². The molecule has 0 spiro atoms. The first-order chi connectivity index (χ1) is 11.1. The van der Waals surface area contributed by atoms with Gasteiger partial charge in [0.2, 0.25) is 0 Å². The number of carbonyl (C=O) groups is 1. The maximum absolute atomic E-state index is 10.7. The molecular formula is C12H22O12. The molecule has 1 saturated heterocycles. The topological polar surface area (TPSA) is 218 Å². The lowest BCUT2D eigenvalue weighted by atomic mass is 9.98. The number of aliphatic hydroxyl groups excluding tert-OH is 8. The van der Waals surface area contributed by atoms with E-state index in [0.29, 0.717) is 0 Å². The highest BCUT2D eigenvalue weighted by molar-refractivity contribution is 5.72. The van der Waals surface area contributed by atoms with Gasteiger partial charge in [0.1, 0.15) is 42.7 Å². The van der Waals surface area contributed by atoms with Crippen molar-refractivity contribution in [1.82, 2.24) is 0 Å². The van der Waals surface area contributed by atoms with Crippen molar-refractivity contribution in [3.05, 3.63) is 0 Å². The number of rotatable bonds is 8. The second-order valence-corrected chi connectivity index (χ2v) is 5.32. The summed E-state index contributed by atoms with van der Waals surface area (Å²) in [6, 6.07) is 0. The number of ether oxygens (including phenoxy) is 2. The zero-order chi connectivity index (χ0) is 18.6. The van der Waals surface area contributed by atoms with Crippen molar-refractivity contribution in [2.24, 2.45) is 0 Å². The van der Waals surface area contributed by atoms with E-state index in [1.54, 1.807) is 0 Å². The van der Waals surface area contributed by atoms with Crippen LogP contribution < -0.4 is 0 Å². The minimum absolute atomic E-state index is 0.766. The second kappa shape index (κ2) is 8.96. The SMILES string of the molecule is O=C(O)[C@@H](O)[C@@H](O)[C@@H](O[C@@H]1O[C@H](CO)[C@H](O)[C@H](O)[C@@H]1O)[C@H](O)CO. The number of carboxylic acids is 1. The van der Waals surface area contributed by atoms with Gasteiger partial charge in [-0.2, -0.15) is 0 Å². The fourth-order valence-electron chi connectivity index (χ4n) is 2.16. The number of aliphatic hydroxyl groups is 8. The lowest BCUT2D eigenvalue weighted by Gasteiger charge is -2.42. The van der Waals surface area contributed by atoms with Crippen LogP contribution in [-0.4, -0.2) is 120 Å². The molecule has 1 aliphatic rings. The quantitative estimate of drug-likeness (QED) is 0.198.